The minimum absolute atomic E-state index is 0.134. The predicted molar refractivity (Wildman–Crippen MR) is 49.3 cm³/mol. The predicted octanol–water partition coefficient (Wildman–Crippen LogP) is 1.26. The van der Waals surface area contributed by atoms with Crippen molar-refractivity contribution >= 4 is 23.5 Å². The maximum Gasteiger partial charge on any atom is 0.305 e. The first-order valence-corrected chi connectivity index (χ1v) is 5.17. The van der Waals surface area contributed by atoms with Crippen molar-refractivity contribution < 1.29 is 14.3 Å². The van der Waals surface area contributed by atoms with E-state index in [9.17, 15) is 9.59 Å². The molecule has 0 spiro atoms. The second kappa shape index (κ2) is 7.16. The third-order valence-corrected chi connectivity index (χ3v) is 2.03. The molecule has 0 aromatic rings. The normalized spacial score (nSPS) is 9.50. The van der Waals surface area contributed by atoms with Crippen molar-refractivity contribution in [3.05, 3.63) is 0 Å². The third-order valence-electron chi connectivity index (χ3n) is 1.42. The molecule has 12 heavy (non-hydrogen) atoms. The molecule has 0 saturated heterocycles. The molecule has 3 nitrogen and oxygen atoms in total. The molecule has 0 aliphatic carbocycles. The van der Waals surface area contributed by atoms with Gasteiger partial charge in [0.05, 0.1) is 13.5 Å². The van der Waals surface area contributed by atoms with E-state index in [1.165, 1.54) is 7.11 Å². The molecule has 0 radical (unpaired) electrons. The second-order valence-corrected chi connectivity index (χ2v) is 3.34. The molecule has 4 heteroatoms. The summed E-state index contributed by atoms with van der Waals surface area (Å²) in [6.45, 7) is 0. The van der Waals surface area contributed by atoms with Gasteiger partial charge in [-0.2, -0.15) is 11.8 Å². The summed E-state index contributed by atoms with van der Waals surface area (Å²) in [5, 5.41) is 0. The number of carbonyl (C=O) groups excluding carboxylic acids is 2. The lowest BCUT2D eigenvalue weighted by atomic mass is 10.2. The molecule has 0 saturated carbocycles. The molecule has 0 aromatic heterocycles. The van der Waals surface area contributed by atoms with Crippen LogP contribution >= 0.6 is 11.8 Å². The molecule has 0 rings (SSSR count). The summed E-state index contributed by atoms with van der Waals surface area (Å²) in [5.41, 5.74) is 0. The maximum absolute atomic E-state index is 11.0. The van der Waals surface area contributed by atoms with E-state index in [1.807, 2.05) is 6.26 Å². The molecule has 0 atom stereocenters. The molecule has 0 aliphatic heterocycles. The molecule has 0 unspecified atom stereocenters. The van der Waals surface area contributed by atoms with E-state index >= 15 is 0 Å². The molecule has 0 heterocycles. The van der Waals surface area contributed by atoms with Crippen LogP contribution in [0.25, 0.3) is 0 Å². The lowest BCUT2D eigenvalue weighted by Crippen LogP contribution is -2.06. The van der Waals surface area contributed by atoms with E-state index in [-0.39, 0.29) is 18.2 Å². The summed E-state index contributed by atoms with van der Waals surface area (Å²) < 4.78 is 4.41. The Morgan fingerprint density at radius 3 is 2.42 bits per heavy atom. The van der Waals surface area contributed by atoms with Crippen molar-refractivity contribution in [1.29, 1.82) is 0 Å². The Bertz CT molecular complexity index is 156. The van der Waals surface area contributed by atoms with Gasteiger partial charge >= 0.3 is 5.97 Å². The molecule has 0 aliphatic rings. The first-order valence-electron chi connectivity index (χ1n) is 3.78. The van der Waals surface area contributed by atoms with Crippen LogP contribution in [0, 0.1) is 0 Å². The Labute approximate surface area is 76.9 Å². The van der Waals surface area contributed by atoms with Gasteiger partial charge in [-0.05, 0) is 12.0 Å². The zero-order valence-corrected chi connectivity index (χ0v) is 8.28. The molecular weight excluding hydrogens is 176 g/mol. The van der Waals surface area contributed by atoms with Crippen molar-refractivity contribution in [3.8, 4) is 0 Å². The Balaban J connectivity index is 3.37. The van der Waals surface area contributed by atoms with Crippen molar-refractivity contribution in [2.45, 2.75) is 19.3 Å². The fourth-order valence-electron chi connectivity index (χ4n) is 0.684. The van der Waals surface area contributed by atoms with E-state index in [0.717, 1.165) is 5.75 Å². The van der Waals surface area contributed by atoms with Gasteiger partial charge in [0.1, 0.15) is 5.78 Å². The van der Waals surface area contributed by atoms with Crippen molar-refractivity contribution in [2.75, 3.05) is 19.1 Å². The number of Topliss-reactive ketones (excluding diaryl/α,β-unsaturated/α-hetero) is 1. The van der Waals surface area contributed by atoms with Crippen molar-refractivity contribution in [1.82, 2.24) is 0 Å². The van der Waals surface area contributed by atoms with Crippen LogP contribution in [0.2, 0.25) is 0 Å². The number of esters is 1. The molecule has 0 amide bonds. The summed E-state index contributed by atoms with van der Waals surface area (Å²) in [6.07, 6.45) is 3.03. The zero-order valence-electron chi connectivity index (χ0n) is 7.46. The van der Waals surface area contributed by atoms with Gasteiger partial charge in [-0.1, -0.05) is 0 Å². The summed E-state index contributed by atoms with van der Waals surface area (Å²) >= 11 is 1.63. The monoisotopic (exact) mass is 190 g/mol. The number of thioether (sulfide) groups is 1. The summed E-state index contributed by atoms with van der Waals surface area (Å²) in [5.74, 6) is 0.655. The number of rotatable bonds is 6. The largest absolute Gasteiger partial charge is 0.469 e. The van der Waals surface area contributed by atoms with Crippen molar-refractivity contribution in [3.63, 3.8) is 0 Å². The van der Waals surface area contributed by atoms with Crippen molar-refractivity contribution in [2.24, 2.45) is 0 Å². The minimum atomic E-state index is -0.312. The highest BCUT2D eigenvalue weighted by molar-refractivity contribution is 7.98. The molecular formula is C8H14O3S. The SMILES string of the molecule is COC(=O)CCC(=O)CCSC. The fraction of sp³-hybridized carbons (Fsp3) is 0.750. The Kier molecular flexibility index (Phi) is 6.85. The Hall–Kier alpha value is -0.510. The van der Waals surface area contributed by atoms with Crippen LogP contribution in [0.3, 0.4) is 0 Å². The summed E-state index contributed by atoms with van der Waals surface area (Å²) in [7, 11) is 1.33. The second-order valence-electron chi connectivity index (χ2n) is 2.36. The van der Waals surface area contributed by atoms with Crippen LogP contribution in [0.15, 0.2) is 0 Å². The minimum Gasteiger partial charge on any atom is -0.469 e. The van der Waals surface area contributed by atoms with Gasteiger partial charge in [0, 0.05) is 12.8 Å². The molecule has 0 aromatic carbocycles. The van der Waals surface area contributed by atoms with Gasteiger partial charge in [-0.15, -0.1) is 0 Å². The Morgan fingerprint density at radius 1 is 1.25 bits per heavy atom. The fourth-order valence-corrected chi connectivity index (χ4v) is 1.12. The number of ether oxygens (including phenoxy) is 1. The number of hydrogen-bond acceptors (Lipinski definition) is 4. The highest BCUT2D eigenvalue weighted by Crippen LogP contribution is 2.01. The molecule has 0 bridgehead atoms. The number of ketones is 1. The van der Waals surface area contributed by atoms with Crippen LogP contribution in [0.4, 0.5) is 0 Å². The quantitative estimate of drug-likeness (QED) is 0.591. The van der Waals surface area contributed by atoms with E-state index in [4.69, 9.17) is 0 Å². The van der Waals surface area contributed by atoms with Gasteiger partial charge < -0.3 is 4.74 Å². The van der Waals surface area contributed by atoms with Crippen LogP contribution in [0.1, 0.15) is 19.3 Å². The van der Waals surface area contributed by atoms with Gasteiger partial charge in [0.15, 0.2) is 0 Å². The van der Waals surface area contributed by atoms with Crippen LogP contribution in [-0.4, -0.2) is 30.9 Å². The highest BCUT2D eigenvalue weighted by Gasteiger charge is 2.05. The van der Waals surface area contributed by atoms with E-state index in [2.05, 4.69) is 4.74 Å². The van der Waals surface area contributed by atoms with Crippen LogP contribution in [0.5, 0.6) is 0 Å². The smallest absolute Gasteiger partial charge is 0.305 e. The summed E-state index contributed by atoms with van der Waals surface area (Å²) in [6, 6.07) is 0. The number of carbonyl (C=O) groups is 2. The van der Waals surface area contributed by atoms with Gasteiger partial charge in [0.2, 0.25) is 0 Å². The zero-order chi connectivity index (χ0) is 9.40. The van der Waals surface area contributed by atoms with E-state index < -0.39 is 0 Å². The number of methoxy groups -OCH3 is 1. The molecule has 70 valence electrons. The molecule has 0 fully saturated rings. The summed E-state index contributed by atoms with van der Waals surface area (Å²) in [4.78, 5) is 21.6. The number of hydrogen-bond donors (Lipinski definition) is 0. The average molecular weight is 190 g/mol. The van der Waals surface area contributed by atoms with Gasteiger partial charge in [-0.3, -0.25) is 9.59 Å². The highest BCUT2D eigenvalue weighted by atomic mass is 32.2. The standard InChI is InChI=1S/C8H14O3S/c1-11-8(10)4-3-7(9)5-6-12-2/h3-6H2,1-2H3. The van der Waals surface area contributed by atoms with E-state index in [1.54, 1.807) is 11.8 Å². The maximum atomic E-state index is 11.0. The van der Waals surface area contributed by atoms with Crippen LogP contribution in [-0.2, 0) is 14.3 Å². The topological polar surface area (TPSA) is 43.4 Å². The first-order chi connectivity index (χ1) is 5.70. The van der Waals surface area contributed by atoms with E-state index in [0.29, 0.717) is 12.8 Å². The Morgan fingerprint density at radius 2 is 1.92 bits per heavy atom. The van der Waals surface area contributed by atoms with Gasteiger partial charge in [0.25, 0.3) is 0 Å². The lowest BCUT2D eigenvalue weighted by molar-refractivity contribution is -0.141. The first kappa shape index (κ1) is 11.5. The van der Waals surface area contributed by atoms with Crippen LogP contribution < -0.4 is 0 Å². The lowest BCUT2D eigenvalue weighted by Gasteiger charge is -1.98. The third kappa shape index (κ3) is 6.22. The van der Waals surface area contributed by atoms with Gasteiger partial charge in [-0.25, -0.2) is 0 Å². The molecule has 0 N–H and O–H groups in total. The average Bonchev–Trinajstić information content (AvgIpc) is 2.10.